The van der Waals surface area contributed by atoms with Gasteiger partial charge in [-0.05, 0) is 30.3 Å². The van der Waals surface area contributed by atoms with Crippen LogP contribution in [-0.2, 0) is 24.6 Å². The maximum Gasteiger partial charge on any atom is 0.364 e. The van der Waals surface area contributed by atoms with E-state index in [2.05, 4.69) is 6.07 Å². The average molecular weight is 468 g/mol. The van der Waals surface area contributed by atoms with Gasteiger partial charge in [-0.3, -0.25) is 4.55 Å². The van der Waals surface area contributed by atoms with Gasteiger partial charge in [0.15, 0.2) is 0 Å². The highest BCUT2D eigenvalue weighted by Gasteiger charge is 2.18. The Balaban J connectivity index is 0.000000523. The van der Waals surface area contributed by atoms with Crippen LogP contribution in [0.3, 0.4) is 0 Å². The second-order valence-corrected chi connectivity index (χ2v) is 7.40. The lowest BCUT2D eigenvalue weighted by Crippen LogP contribution is -2.14. The van der Waals surface area contributed by atoms with Gasteiger partial charge in [0, 0.05) is 12.1 Å². The normalized spacial score (nSPS) is 16.4. The quantitative estimate of drug-likeness (QED) is 0.227. The molecule has 2 bridgehead atoms. The smallest absolute Gasteiger partial charge is 0.364 e. The van der Waals surface area contributed by atoms with E-state index >= 15 is 0 Å². The summed E-state index contributed by atoms with van der Waals surface area (Å²) >= 11 is 0. The van der Waals surface area contributed by atoms with Crippen LogP contribution in [0.1, 0.15) is 0 Å². The van der Waals surface area contributed by atoms with Crippen molar-refractivity contribution in [2.24, 2.45) is 0 Å². The van der Waals surface area contributed by atoms with Crippen LogP contribution in [0.25, 0.3) is 21.9 Å². The molecular formula is C21H24O10S. The monoisotopic (exact) mass is 468 g/mol. The third kappa shape index (κ3) is 7.86. The summed E-state index contributed by atoms with van der Waals surface area (Å²) in [4.78, 5) is 0. The van der Waals surface area contributed by atoms with Gasteiger partial charge in [0.1, 0.15) is 35.5 Å². The number of rotatable bonds is 0. The minimum atomic E-state index is -4.92. The van der Waals surface area contributed by atoms with Crippen LogP contribution >= 0.6 is 0 Å². The Labute approximate surface area is 185 Å². The van der Waals surface area contributed by atoms with Gasteiger partial charge < -0.3 is 28.2 Å². The first-order valence-electron chi connectivity index (χ1n) is 9.87. The van der Waals surface area contributed by atoms with Crippen molar-refractivity contribution < 1.29 is 45.6 Å². The second kappa shape index (κ2) is 11.9. The first kappa shape index (κ1) is 24.1. The topological polar surface area (TPSA) is 135 Å². The summed E-state index contributed by atoms with van der Waals surface area (Å²) in [6.07, 6.45) is 0. The fraction of sp³-hybridized carbons (Fsp3) is 0.381. The van der Waals surface area contributed by atoms with Crippen LogP contribution in [-0.4, -0.2) is 70.4 Å². The minimum Gasteiger partial charge on any atom is -0.726 e. The van der Waals surface area contributed by atoms with E-state index in [0.717, 1.165) is 33.4 Å². The van der Waals surface area contributed by atoms with Gasteiger partial charge in [-0.1, -0.05) is 0 Å². The second-order valence-electron chi connectivity index (χ2n) is 6.54. The Morgan fingerprint density at radius 3 is 1.50 bits per heavy atom. The van der Waals surface area contributed by atoms with Crippen molar-refractivity contribution in [1.82, 2.24) is 0 Å². The molecule has 174 valence electrons. The van der Waals surface area contributed by atoms with E-state index in [1.165, 1.54) is 0 Å². The molecule has 0 amide bonds. The van der Waals surface area contributed by atoms with Crippen molar-refractivity contribution >= 4 is 32.3 Å². The van der Waals surface area contributed by atoms with E-state index in [0.29, 0.717) is 52.9 Å². The van der Waals surface area contributed by atoms with E-state index in [4.69, 9.17) is 45.6 Å². The van der Waals surface area contributed by atoms with Crippen LogP contribution in [0.15, 0.2) is 46.9 Å². The van der Waals surface area contributed by atoms with Crippen molar-refractivity contribution in [2.45, 2.75) is 0 Å². The van der Waals surface area contributed by atoms with Crippen molar-refractivity contribution in [3.63, 3.8) is 0 Å². The van der Waals surface area contributed by atoms with Crippen molar-refractivity contribution in [3.8, 4) is 11.5 Å². The Kier molecular flexibility index (Phi) is 8.97. The summed E-state index contributed by atoms with van der Waals surface area (Å²) in [5.41, 5.74) is 1.54. The summed E-state index contributed by atoms with van der Waals surface area (Å²) in [5, 5.41) is 1.81. The molecule has 32 heavy (non-hydrogen) atoms. The van der Waals surface area contributed by atoms with Crippen molar-refractivity contribution in [1.29, 1.82) is 0 Å². The molecule has 1 aliphatic heterocycles. The van der Waals surface area contributed by atoms with E-state index < -0.39 is 10.4 Å². The van der Waals surface area contributed by atoms with Crippen LogP contribution in [0.4, 0.5) is 0 Å². The predicted molar refractivity (Wildman–Crippen MR) is 114 cm³/mol. The zero-order valence-electron chi connectivity index (χ0n) is 17.2. The summed E-state index contributed by atoms with van der Waals surface area (Å²) in [5.74, 6) is 1.52. The molecule has 11 heteroatoms. The highest BCUT2D eigenvalue weighted by molar-refractivity contribution is 7.79. The van der Waals surface area contributed by atoms with Gasteiger partial charge in [-0.2, -0.15) is 0 Å². The first-order chi connectivity index (χ1) is 15.4. The van der Waals surface area contributed by atoms with Crippen molar-refractivity contribution in [2.75, 3.05) is 52.9 Å². The molecule has 0 spiro atoms. The Morgan fingerprint density at radius 2 is 1.09 bits per heavy atom. The van der Waals surface area contributed by atoms with Gasteiger partial charge in [0.25, 0.3) is 0 Å². The molecule has 1 N–H and O–H groups in total. The highest BCUT2D eigenvalue weighted by Crippen LogP contribution is 2.34. The third-order valence-corrected chi connectivity index (χ3v) is 4.28. The van der Waals surface area contributed by atoms with Crippen molar-refractivity contribution in [3.05, 3.63) is 42.5 Å². The van der Waals surface area contributed by atoms with E-state index in [1.54, 1.807) is 0 Å². The predicted octanol–water partition coefficient (Wildman–Crippen LogP) is 2.69. The Hall–Kier alpha value is -2.54. The molecule has 3 aromatic rings. The molecule has 0 fully saturated rings. The zero-order valence-corrected chi connectivity index (χ0v) is 18.0. The van der Waals surface area contributed by atoms with Gasteiger partial charge in [-0.15, -0.1) is 0 Å². The molecule has 0 saturated carbocycles. The third-order valence-electron chi connectivity index (χ3n) is 4.28. The number of benzene rings is 2. The molecule has 1 aromatic heterocycles. The van der Waals surface area contributed by atoms with Gasteiger partial charge in [0.05, 0.1) is 39.6 Å². The maximum absolute atomic E-state index is 8.63. The number of hydrogen-bond donors (Lipinski definition) is 1. The number of hydrogen-bond acceptors (Lipinski definition) is 8. The molecule has 0 atom stereocenters. The van der Waals surface area contributed by atoms with Gasteiger partial charge in [-0.25, -0.2) is 12.8 Å². The van der Waals surface area contributed by atoms with Crippen LogP contribution in [0, 0.1) is 0 Å². The molecule has 0 unspecified atom stereocenters. The molecule has 0 aliphatic carbocycles. The molecule has 0 radical (unpaired) electrons. The molecule has 10 nitrogen and oxygen atoms in total. The molecule has 1 aliphatic rings. The highest BCUT2D eigenvalue weighted by atomic mass is 32.3. The van der Waals surface area contributed by atoms with Crippen LogP contribution in [0.5, 0.6) is 11.5 Å². The summed E-state index contributed by atoms with van der Waals surface area (Å²) < 4.78 is 67.3. The summed E-state index contributed by atoms with van der Waals surface area (Å²) in [7, 11) is -4.92. The molecule has 2 aromatic carbocycles. The van der Waals surface area contributed by atoms with Crippen LogP contribution in [0.2, 0.25) is 0 Å². The largest absolute Gasteiger partial charge is 0.726 e. The molecule has 2 heterocycles. The van der Waals surface area contributed by atoms with E-state index in [9.17, 15) is 0 Å². The van der Waals surface area contributed by atoms with E-state index in [1.807, 2.05) is 36.4 Å². The average Bonchev–Trinajstić information content (AvgIpc) is 2.74. The fourth-order valence-corrected chi connectivity index (χ4v) is 2.99. The van der Waals surface area contributed by atoms with Gasteiger partial charge >= 0.3 is 11.2 Å². The summed E-state index contributed by atoms with van der Waals surface area (Å²) in [6, 6.07) is 13.6. The van der Waals surface area contributed by atoms with Gasteiger partial charge in [0.2, 0.25) is 10.4 Å². The lowest BCUT2D eigenvalue weighted by Gasteiger charge is -2.11. The standard InChI is InChI=1S/C21H23O6.H2O4S/c1-3-18-16-15-17-19(4-2-6-21(17)27-20(16)5-1)26-14-12-24-10-8-22-7-9-23-11-13-25-18;1-5(2,3)4/h1-6,15H,7-14H2;(H2,1,2,3,4)/q+1;/p-1. The Bertz CT molecular complexity index is 1040. The zero-order chi connectivity index (χ0) is 22.8. The summed E-state index contributed by atoms with van der Waals surface area (Å²) in [6.45, 7) is 4.05. The lowest BCUT2D eigenvalue weighted by molar-refractivity contribution is 0.00509. The molecule has 0 saturated heterocycles. The van der Waals surface area contributed by atoms with E-state index in [-0.39, 0.29) is 0 Å². The SMILES string of the molecule is O=S(=O)([O-])O.c1cc2c3cc4c(cccc4[o+]c3c1)OCCOCCOCCOCCO2. The lowest BCUT2D eigenvalue weighted by atomic mass is 10.1. The molecular weight excluding hydrogens is 444 g/mol. The number of ether oxygens (including phenoxy) is 5. The fourth-order valence-electron chi connectivity index (χ4n) is 2.99. The maximum atomic E-state index is 8.63. The minimum absolute atomic E-state index is 0.457. The Morgan fingerprint density at radius 1 is 0.719 bits per heavy atom. The molecule has 4 rings (SSSR count). The first-order valence-corrected chi connectivity index (χ1v) is 11.2. The van der Waals surface area contributed by atoms with Crippen LogP contribution < -0.4 is 9.47 Å².